The molecule has 0 unspecified atom stereocenters. The van der Waals surface area contributed by atoms with E-state index < -0.39 is 4.92 Å². The van der Waals surface area contributed by atoms with E-state index in [-0.39, 0.29) is 18.3 Å². The number of hydrogen-bond acceptors (Lipinski definition) is 4. The summed E-state index contributed by atoms with van der Waals surface area (Å²) in [5.74, 6) is 0.645. The van der Waals surface area contributed by atoms with Crippen LogP contribution in [0.5, 0.6) is 5.75 Å². The van der Waals surface area contributed by atoms with Crippen molar-refractivity contribution in [2.24, 2.45) is 5.73 Å². The van der Waals surface area contributed by atoms with Crippen LogP contribution in [0, 0.1) is 10.1 Å². The van der Waals surface area contributed by atoms with Gasteiger partial charge in [-0.1, -0.05) is 13.8 Å². The molecule has 17 heavy (non-hydrogen) atoms. The first-order valence-electron chi connectivity index (χ1n) is 5.76. The van der Waals surface area contributed by atoms with E-state index in [1.165, 1.54) is 12.1 Å². The fraction of sp³-hybridized carbons (Fsp3) is 0.500. The van der Waals surface area contributed by atoms with E-state index in [2.05, 4.69) is 0 Å². The quantitative estimate of drug-likeness (QED) is 0.610. The van der Waals surface area contributed by atoms with Crippen molar-refractivity contribution >= 4 is 5.69 Å². The Balaban J connectivity index is 2.96. The van der Waals surface area contributed by atoms with Crippen LogP contribution in [0.2, 0.25) is 0 Å². The number of nitro groups is 1. The maximum absolute atomic E-state index is 10.6. The summed E-state index contributed by atoms with van der Waals surface area (Å²) in [7, 11) is 0. The first-order valence-corrected chi connectivity index (χ1v) is 5.76. The Bertz CT molecular complexity index is 389. The van der Waals surface area contributed by atoms with Gasteiger partial charge in [-0.15, -0.1) is 0 Å². The number of nitrogens with two attached hydrogens (primary N) is 1. The standard InChI is InChI=1S/C12H18N2O3/c1-3-11(4-2)17-12-6-5-10(14(15)16)7-9(12)8-13/h5-7,11H,3-4,8,13H2,1-2H3. The van der Waals surface area contributed by atoms with Crippen LogP contribution in [0.1, 0.15) is 32.3 Å². The van der Waals surface area contributed by atoms with E-state index >= 15 is 0 Å². The number of nitrogens with zero attached hydrogens (tertiary/aromatic N) is 1. The van der Waals surface area contributed by atoms with Crippen LogP contribution in [-0.4, -0.2) is 11.0 Å². The van der Waals surface area contributed by atoms with E-state index in [1.54, 1.807) is 6.07 Å². The Kier molecular flexibility index (Phi) is 4.90. The van der Waals surface area contributed by atoms with Crippen molar-refractivity contribution in [2.45, 2.75) is 39.3 Å². The molecule has 0 heterocycles. The molecule has 1 rings (SSSR count). The summed E-state index contributed by atoms with van der Waals surface area (Å²) in [5, 5.41) is 10.6. The topological polar surface area (TPSA) is 78.4 Å². The highest BCUT2D eigenvalue weighted by atomic mass is 16.6. The SMILES string of the molecule is CCC(CC)Oc1ccc([N+](=O)[O-])cc1CN. The molecule has 5 heteroatoms. The largest absolute Gasteiger partial charge is 0.490 e. The Hall–Kier alpha value is -1.62. The van der Waals surface area contributed by atoms with Gasteiger partial charge in [-0.2, -0.15) is 0 Å². The van der Waals surface area contributed by atoms with Crippen LogP contribution < -0.4 is 10.5 Å². The fourth-order valence-corrected chi connectivity index (χ4v) is 1.59. The van der Waals surface area contributed by atoms with Crippen molar-refractivity contribution in [3.05, 3.63) is 33.9 Å². The predicted octanol–water partition coefficient (Wildman–Crippen LogP) is 2.62. The second kappa shape index (κ2) is 6.20. The molecule has 1 aromatic carbocycles. The Morgan fingerprint density at radius 2 is 2.06 bits per heavy atom. The lowest BCUT2D eigenvalue weighted by atomic mass is 10.1. The van der Waals surface area contributed by atoms with Crippen LogP contribution in [0.3, 0.4) is 0 Å². The van der Waals surface area contributed by atoms with Gasteiger partial charge in [0.05, 0.1) is 11.0 Å². The van der Waals surface area contributed by atoms with Crippen molar-refractivity contribution in [3.8, 4) is 5.75 Å². The van der Waals surface area contributed by atoms with Crippen molar-refractivity contribution < 1.29 is 9.66 Å². The molecule has 0 spiro atoms. The molecule has 0 bridgehead atoms. The maximum atomic E-state index is 10.6. The van der Waals surface area contributed by atoms with Gasteiger partial charge < -0.3 is 10.5 Å². The summed E-state index contributed by atoms with van der Waals surface area (Å²) in [4.78, 5) is 10.2. The zero-order chi connectivity index (χ0) is 12.8. The molecule has 0 saturated heterocycles. The molecule has 5 nitrogen and oxygen atoms in total. The zero-order valence-electron chi connectivity index (χ0n) is 10.2. The van der Waals surface area contributed by atoms with Gasteiger partial charge in [-0.05, 0) is 18.9 Å². The molecule has 0 fully saturated rings. The number of nitro benzene ring substituents is 1. The lowest BCUT2D eigenvalue weighted by Gasteiger charge is -2.17. The van der Waals surface area contributed by atoms with Crippen LogP contribution in [-0.2, 0) is 6.54 Å². The smallest absolute Gasteiger partial charge is 0.270 e. The second-order valence-corrected chi connectivity index (χ2v) is 3.81. The summed E-state index contributed by atoms with van der Waals surface area (Å²) >= 11 is 0. The van der Waals surface area contributed by atoms with Gasteiger partial charge in [-0.3, -0.25) is 10.1 Å². The van der Waals surface area contributed by atoms with Gasteiger partial charge in [0.25, 0.3) is 5.69 Å². The molecular weight excluding hydrogens is 220 g/mol. The highest BCUT2D eigenvalue weighted by molar-refractivity contribution is 5.43. The molecule has 0 atom stereocenters. The van der Waals surface area contributed by atoms with E-state index in [1.807, 2.05) is 13.8 Å². The molecule has 0 aliphatic carbocycles. The molecule has 2 N–H and O–H groups in total. The number of benzene rings is 1. The molecule has 1 aromatic rings. The Labute approximate surface area is 101 Å². The van der Waals surface area contributed by atoms with Crippen LogP contribution in [0.4, 0.5) is 5.69 Å². The lowest BCUT2D eigenvalue weighted by Crippen LogP contribution is -2.15. The van der Waals surface area contributed by atoms with Gasteiger partial charge in [0, 0.05) is 24.2 Å². The summed E-state index contributed by atoms with van der Waals surface area (Å²) < 4.78 is 5.77. The van der Waals surface area contributed by atoms with E-state index in [4.69, 9.17) is 10.5 Å². The molecule has 0 radical (unpaired) electrons. The van der Waals surface area contributed by atoms with Crippen LogP contribution in [0.25, 0.3) is 0 Å². The predicted molar refractivity (Wildman–Crippen MR) is 66.0 cm³/mol. The average Bonchev–Trinajstić information content (AvgIpc) is 2.35. The number of rotatable bonds is 6. The van der Waals surface area contributed by atoms with Gasteiger partial charge >= 0.3 is 0 Å². The third-order valence-electron chi connectivity index (χ3n) is 2.68. The summed E-state index contributed by atoms with van der Waals surface area (Å²) in [6, 6.07) is 4.53. The molecular formula is C12H18N2O3. The van der Waals surface area contributed by atoms with Crippen molar-refractivity contribution in [1.29, 1.82) is 0 Å². The van der Waals surface area contributed by atoms with Gasteiger partial charge in [0.15, 0.2) is 0 Å². The Morgan fingerprint density at radius 3 is 2.53 bits per heavy atom. The van der Waals surface area contributed by atoms with Crippen LogP contribution in [0.15, 0.2) is 18.2 Å². The normalized spacial score (nSPS) is 10.6. The number of non-ortho nitro benzene ring substituents is 1. The molecule has 0 aromatic heterocycles. The molecule has 0 aliphatic heterocycles. The third-order valence-corrected chi connectivity index (χ3v) is 2.68. The fourth-order valence-electron chi connectivity index (χ4n) is 1.59. The molecule has 0 saturated carbocycles. The minimum atomic E-state index is -0.430. The van der Waals surface area contributed by atoms with E-state index in [9.17, 15) is 10.1 Å². The average molecular weight is 238 g/mol. The highest BCUT2D eigenvalue weighted by Crippen LogP contribution is 2.25. The third kappa shape index (κ3) is 3.42. The Morgan fingerprint density at radius 1 is 1.41 bits per heavy atom. The van der Waals surface area contributed by atoms with Crippen molar-refractivity contribution in [2.75, 3.05) is 0 Å². The van der Waals surface area contributed by atoms with Crippen molar-refractivity contribution in [1.82, 2.24) is 0 Å². The lowest BCUT2D eigenvalue weighted by molar-refractivity contribution is -0.384. The zero-order valence-corrected chi connectivity index (χ0v) is 10.2. The number of hydrogen-bond donors (Lipinski definition) is 1. The monoisotopic (exact) mass is 238 g/mol. The first-order chi connectivity index (χ1) is 8.12. The minimum absolute atomic E-state index is 0.0438. The van der Waals surface area contributed by atoms with Crippen LogP contribution >= 0.6 is 0 Å². The van der Waals surface area contributed by atoms with Gasteiger partial charge in [0.2, 0.25) is 0 Å². The van der Waals surface area contributed by atoms with Gasteiger partial charge in [0.1, 0.15) is 5.75 Å². The highest BCUT2D eigenvalue weighted by Gasteiger charge is 2.13. The maximum Gasteiger partial charge on any atom is 0.270 e. The molecule has 0 amide bonds. The molecule has 0 aliphatic rings. The van der Waals surface area contributed by atoms with Gasteiger partial charge in [-0.25, -0.2) is 0 Å². The summed E-state index contributed by atoms with van der Waals surface area (Å²) in [6.45, 7) is 4.32. The minimum Gasteiger partial charge on any atom is -0.490 e. The molecule has 94 valence electrons. The summed E-state index contributed by atoms with van der Waals surface area (Å²) in [6.07, 6.45) is 1.93. The second-order valence-electron chi connectivity index (χ2n) is 3.81. The van der Waals surface area contributed by atoms with Crippen molar-refractivity contribution in [3.63, 3.8) is 0 Å². The number of ether oxygens (including phenoxy) is 1. The van der Waals surface area contributed by atoms with E-state index in [0.29, 0.717) is 11.3 Å². The first kappa shape index (κ1) is 13.4. The summed E-state index contributed by atoms with van der Waals surface area (Å²) in [5.41, 5.74) is 6.29. The van der Waals surface area contributed by atoms with E-state index in [0.717, 1.165) is 12.8 Å².